The Morgan fingerprint density at radius 1 is 1.26 bits per heavy atom. The fourth-order valence-electron chi connectivity index (χ4n) is 2.98. The number of carbonyl (C=O) groups is 2. The van der Waals surface area contributed by atoms with Crippen LogP contribution in [0.5, 0.6) is 11.5 Å². The van der Waals surface area contributed by atoms with Crippen LogP contribution in [0.1, 0.15) is 25.3 Å². The molecular weight excluding hydrogens is 298 g/mol. The Morgan fingerprint density at radius 3 is 2.83 bits per heavy atom. The lowest BCUT2D eigenvalue weighted by Crippen LogP contribution is -2.39. The van der Waals surface area contributed by atoms with Crippen molar-refractivity contribution < 1.29 is 24.2 Å². The molecule has 0 aromatic heterocycles. The van der Waals surface area contributed by atoms with Crippen molar-refractivity contribution in [2.45, 2.75) is 26.3 Å². The molecule has 0 spiro atoms. The van der Waals surface area contributed by atoms with E-state index in [1.54, 1.807) is 6.07 Å². The highest BCUT2D eigenvalue weighted by molar-refractivity contribution is 5.85. The maximum Gasteiger partial charge on any atom is 0.307 e. The fourth-order valence-corrected chi connectivity index (χ4v) is 2.98. The molecule has 2 atom stereocenters. The van der Waals surface area contributed by atoms with Crippen LogP contribution >= 0.6 is 0 Å². The molecule has 2 unspecified atom stereocenters. The van der Waals surface area contributed by atoms with Crippen molar-refractivity contribution in [3.8, 4) is 11.5 Å². The third-order valence-corrected chi connectivity index (χ3v) is 4.31. The fraction of sp³-hybridized carbons (Fsp3) is 0.412. The molecule has 6 nitrogen and oxygen atoms in total. The number of rotatable bonds is 4. The molecule has 2 aliphatic rings. The molecule has 2 N–H and O–H groups in total. The van der Waals surface area contributed by atoms with Gasteiger partial charge in [0.25, 0.3) is 0 Å². The van der Waals surface area contributed by atoms with Gasteiger partial charge < -0.3 is 19.9 Å². The summed E-state index contributed by atoms with van der Waals surface area (Å²) in [6, 6.07) is 5.48. The van der Waals surface area contributed by atoms with E-state index in [1.165, 1.54) is 0 Å². The summed E-state index contributed by atoms with van der Waals surface area (Å²) in [5.41, 5.74) is 1.95. The summed E-state index contributed by atoms with van der Waals surface area (Å²) < 4.78 is 10.6. The van der Waals surface area contributed by atoms with Gasteiger partial charge in [-0.15, -0.1) is 0 Å². The Bertz CT molecular complexity index is 667. The summed E-state index contributed by atoms with van der Waals surface area (Å²) >= 11 is 0. The second-order valence-electron chi connectivity index (χ2n) is 5.95. The molecule has 1 aliphatic heterocycles. The van der Waals surface area contributed by atoms with Gasteiger partial charge in [-0.3, -0.25) is 9.59 Å². The van der Waals surface area contributed by atoms with E-state index >= 15 is 0 Å². The lowest BCUT2D eigenvalue weighted by Gasteiger charge is -2.26. The molecule has 0 saturated carbocycles. The van der Waals surface area contributed by atoms with Crippen LogP contribution in [-0.4, -0.2) is 23.8 Å². The number of aliphatic carboxylic acids is 1. The Morgan fingerprint density at radius 2 is 2.04 bits per heavy atom. The van der Waals surface area contributed by atoms with E-state index in [0.29, 0.717) is 30.9 Å². The molecule has 3 rings (SSSR count). The Kier molecular flexibility index (Phi) is 4.23. The summed E-state index contributed by atoms with van der Waals surface area (Å²) in [6.45, 7) is 2.47. The first-order valence-electron chi connectivity index (χ1n) is 7.59. The van der Waals surface area contributed by atoms with Crippen molar-refractivity contribution in [3.63, 3.8) is 0 Å². The Hall–Kier alpha value is -2.50. The first kappa shape index (κ1) is 15.4. The molecule has 0 bridgehead atoms. The number of carbonyl (C=O) groups excluding carboxylic acids is 1. The number of fused-ring (bicyclic) bond motifs is 1. The van der Waals surface area contributed by atoms with Crippen molar-refractivity contribution in [1.82, 2.24) is 5.32 Å². The maximum absolute atomic E-state index is 12.4. The van der Waals surface area contributed by atoms with Crippen LogP contribution in [0.25, 0.3) is 0 Å². The molecule has 1 aromatic rings. The van der Waals surface area contributed by atoms with Gasteiger partial charge in [0.15, 0.2) is 11.5 Å². The molecule has 1 aliphatic carbocycles. The third kappa shape index (κ3) is 3.31. The second kappa shape index (κ2) is 6.32. The van der Waals surface area contributed by atoms with E-state index in [1.807, 2.05) is 25.1 Å². The number of ether oxygens (including phenoxy) is 2. The van der Waals surface area contributed by atoms with Crippen LogP contribution in [0.15, 0.2) is 29.8 Å². The van der Waals surface area contributed by atoms with Crippen molar-refractivity contribution >= 4 is 11.9 Å². The Labute approximate surface area is 134 Å². The zero-order valence-electron chi connectivity index (χ0n) is 12.9. The molecule has 1 aromatic carbocycles. The summed E-state index contributed by atoms with van der Waals surface area (Å²) in [5, 5.41) is 12.1. The standard InChI is InChI=1S/C17H19NO5/c1-10-2-4-12(17(20)21)13(6-10)16(19)18-8-11-3-5-14-15(7-11)23-9-22-14/h2-3,5,7,12-13H,4,6,8-9H2,1H3,(H,18,19)(H,20,21). The highest BCUT2D eigenvalue weighted by Crippen LogP contribution is 2.33. The highest BCUT2D eigenvalue weighted by atomic mass is 16.7. The highest BCUT2D eigenvalue weighted by Gasteiger charge is 2.35. The van der Waals surface area contributed by atoms with Gasteiger partial charge in [0.1, 0.15) is 0 Å². The van der Waals surface area contributed by atoms with Crippen LogP contribution in [0.3, 0.4) is 0 Å². The molecule has 122 valence electrons. The smallest absolute Gasteiger partial charge is 0.307 e. The molecule has 1 amide bonds. The van der Waals surface area contributed by atoms with Gasteiger partial charge in [-0.25, -0.2) is 0 Å². The summed E-state index contributed by atoms with van der Waals surface area (Å²) in [7, 11) is 0. The van der Waals surface area contributed by atoms with Gasteiger partial charge in [0.05, 0.1) is 11.8 Å². The van der Waals surface area contributed by atoms with Crippen molar-refractivity contribution in [3.05, 3.63) is 35.4 Å². The quantitative estimate of drug-likeness (QED) is 0.831. The van der Waals surface area contributed by atoms with Gasteiger partial charge >= 0.3 is 5.97 Å². The zero-order chi connectivity index (χ0) is 16.4. The van der Waals surface area contributed by atoms with Crippen LogP contribution in [0.2, 0.25) is 0 Å². The van der Waals surface area contributed by atoms with Crippen molar-refractivity contribution in [2.24, 2.45) is 11.8 Å². The van der Waals surface area contributed by atoms with E-state index in [0.717, 1.165) is 11.1 Å². The summed E-state index contributed by atoms with van der Waals surface area (Å²) in [5.74, 6) is -0.961. The summed E-state index contributed by atoms with van der Waals surface area (Å²) in [6.07, 6.45) is 2.80. The minimum atomic E-state index is -0.919. The van der Waals surface area contributed by atoms with Crippen molar-refractivity contribution in [2.75, 3.05) is 6.79 Å². The minimum Gasteiger partial charge on any atom is -0.481 e. The van der Waals surface area contributed by atoms with E-state index in [4.69, 9.17) is 9.47 Å². The molecule has 0 saturated heterocycles. The van der Waals surface area contributed by atoms with Gasteiger partial charge in [-0.1, -0.05) is 17.7 Å². The monoisotopic (exact) mass is 317 g/mol. The molecule has 6 heteroatoms. The van der Waals surface area contributed by atoms with Crippen LogP contribution in [0.4, 0.5) is 0 Å². The molecule has 0 fully saturated rings. The number of benzene rings is 1. The van der Waals surface area contributed by atoms with E-state index in [2.05, 4.69) is 5.32 Å². The third-order valence-electron chi connectivity index (χ3n) is 4.31. The predicted molar refractivity (Wildman–Crippen MR) is 82.0 cm³/mol. The second-order valence-corrected chi connectivity index (χ2v) is 5.95. The molecule has 23 heavy (non-hydrogen) atoms. The van der Waals surface area contributed by atoms with Crippen LogP contribution in [-0.2, 0) is 16.1 Å². The van der Waals surface area contributed by atoms with E-state index < -0.39 is 17.8 Å². The number of amides is 1. The predicted octanol–water partition coefficient (Wildman–Crippen LogP) is 2.09. The van der Waals surface area contributed by atoms with Crippen molar-refractivity contribution in [1.29, 1.82) is 0 Å². The number of hydrogen-bond donors (Lipinski definition) is 2. The molecular formula is C17H19NO5. The number of nitrogens with one attached hydrogen (secondary N) is 1. The summed E-state index contributed by atoms with van der Waals surface area (Å²) in [4.78, 5) is 23.7. The topological polar surface area (TPSA) is 84.9 Å². The zero-order valence-corrected chi connectivity index (χ0v) is 12.9. The average Bonchev–Trinajstić information content (AvgIpc) is 2.99. The first-order valence-corrected chi connectivity index (χ1v) is 7.59. The van der Waals surface area contributed by atoms with Crippen LogP contribution in [0, 0.1) is 11.8 Å². The largest absolute Gasteiger partial charge is 0.481 e. The van der Waals surface area contributed by atoms with Gasteiger partial charge in [0.2, 0.25) is 12.7 Å². The Balaban J connectivity index is 1.64. The molecule has 1 heterocycles. The number of allylic oxidation sites excluding steroid dienone is 2. The minimum absolute atomic E-state index is 0.207. The SMILES string of the molecule is CC1=CCC(C(=O)O)C(C(=O)NCc2ccc3c(c2)OCO3)C1. The lowest BCUT2D eigenvalue weighted by atomic mass is 9.79. The van der Waals surface area contributed by atoms with E-state index in [-0.39, 0.29) is 12.7 Å². The number of hydrogen-bond acceptors (Lipinski definition) is 4. The average molecular weight is 317 g/mol. The number of carboxylic acid groups (broad SMARTS) is 1. The van der Waals surface area contributed by atoms with Crippen LogP contribution < -0.4 is 14.8 Å². The van der Waals surface area contributed by atoms with Gasteiger partial charge in [0, 0.05) is 6.54 Å². The molecule has 0 radical (unpaired) electrons. The first-order chi connectivity index (χ1) is 11.0. The van der Waals surface area contributed by atoms with E-state index in [9.17, 15) is 14.7 Å². The maximum atomic E-state index is 12.4. The normalized spacial score (nSPS) is 22.4. The van der Waals surface area contributed by atoms with Gasteiger partial charge in [-0.05, 0) is 37.5 Å². The number of carboxylic acids is 1. The van der Waals surface area contributed by atoms with Gasteiger partial charge in [-0.2, -0.15) is 0 Å². The lowest BCUT2D eigenvalue weighted by molar-refractivity contribution is -0.147.